The zero-order valence-corrected chi connectivity index (χ0v) is 11.8. The molecule has 114 valence electrons. The Morgan fingerprint density at radius 1 is 1.00 bits per heavy atom. The van der Waals surface area contributed by atoms with Gasteiger partial charge in [0, 0.05) is 5.56 Å². The topological polar surface area (TPSA) is 58.2 Å². The van der Waals surface area contributed by atoms with E-state index in [2.05, 4.69) is 10.9 Å². The molecule has 22 heavy (non-hydrogen) atoms. The summed E-state index contributed by atoms with van der Waals surface area (Å²) < 4.78 is 26.1. The number of carbonyl (C=O) groups excluding carboxylic acids is 2. The highest BCUT2D eigenvalue weighted by atomic mass is 19.1. The molecule has 0 bridgehead atoms. The van der Waals surface area contributed by atoms with E-state index in [1.807, 2.05) is 0 Å². The maximum atomic E-state index is 13.4. The molecule has 2 aromatic rings. The molecule has 2 rings (SSSR count). The molecule has 0 atom stereocenters. The van der Waals surface area contributed by atoms with Crippen LogP contribution in [0.15, 0.2) is 42.5 Å². The number of nitrogens with one attached hydrogen (secondary N) is 2. The van der Waals surface area contributed by atoms with Crippen molar-refractivity contribution in [3.8, 4) is 0 Å². The molecular weight excluding hydrogens is 290 g/mol. The smallest absolute Gasteiger partial charge is 0.269 e. The van der Waals surface area contributed by atoms with Crippen molar-refractivity contribution in [1.29, 1.82) is 0 Å². The first-order valence-corrected chi connectivity index (χ1v) is 6.55. The molecule has 0 aromatic heterocycles. The van der Waals surface area contributed by atoms with Crippen LogP contribution in [0.1, 0.15) is 21.5 Å². The van der Waals surface area contributed by atoms with Crippen molar-refractivity contribution < 1.29 is 18.4 Å². The molecule has 0 unspecified atom stereocenters. The number of hydrogen-bond acceptors (Lipinski definition) is 2. The van der Waals surface area contributed by atoms with Crippen molar-refractivity contribution >= 4 is 11.8 Å². The Kier molecular flexibility index (Phi) is 4.83. The number of rotatable bonds is 3. The van der Waals surface area contributed by atoms with Crippen LogP contribution >= 0.6 is 0 Å². The van der Waals surface area contributed by atoms with Crippen LogP contribution in [0.2, 0.25) is 0 Å². The summed E-state index contributed by atoms with van der Waals surface area (Å²) in [5.74, 6) is -1.97. The average molecular weight is 304 g/mol. The third-order valence-electron chi connectivity index (χ3n) is 3.03. The number of hydrazine groups is 1. The number of amides is 2. The third-order valence-corrected chi connectivity index (χ3v) is 3.03. The maximum absolute atomic E-state index is 13.4. The number of hydrogen-bond donors (Lipinski definition) is 2. The molecule has 0 saturated heterocycles. The third kappa shape index (κ3) is 4.12. The lowest BCUT2D eigenvalue weighted by Crippen LogP contribution is -2.42. The lowest BCUT2D eigenvalue weighted by atomic mass is 10.1. The van der Waals surface area contributed by atoms with Crippen molar-refractivity contribution in [2.75, 3.05) is 0 Å². The number of carbonyl (C=O) groups is 2. The van der Waals surface area contributed by atoms with Gasteiger partial charge in [-0.2, -0.15) is 0 Å². The highest BCUT2D eigenvalue weighted by molar-refractivity contribution is 5.95. The van der Waals surface area contributed by atoms with Crippen LogP contribution < -0.4 is 10.9 Å². The predicted molar refractivity (Wildman–Crippen MR) is 76.8 cm³/mol. The van der Waals surface area contributed by atoms with Crippen LogP contribution in [0.3, 0.4) is 0 Å². The van der Waals surface area contributed by atoms with Crippen molar-refractivity contribution in [2.45, 2.75) is 13.3 Å². The standard InChI is InChI=1S/C16H14F2N2O2/c1-10-2-5-12(9-14(10)18)16(22)20-19-15(21)8-11-3-6-13(17)7-4-11/h2-7,9H,8H2,1H3,(H,19,21)(H,20,22). The Balaban J connectivity index is 1.88. The normalized spacial score (nSPS) is 10.1. The van der Waals surface area contributed by atoms with E-state index in [0.717, 1.165) is 6.07 Å². The van der Waals surface area contributed by atoms with Gasteiger partial charge in [0.15, 0.2) is 0 Å². The molecule has 0 fully saturated rings. The number of halogens is 2. The minimum absolute atomic E-state index is 0.0111. The lowest BCUT2D eigenvalue weighted by molar-refractivity contribution is -0.121. The first kappa shape index (κ1) is 15.6. The van der Waals surface area contributed by atoms with Crippen molar-refractivity contribution in [1.82, 2.24) is 10.9 Å². The Morgan fingerprint density at radius 3 is 2.32 bits per heavy atom. The molecule has 2 N–H and O–H groups in total. The van der Waals surface area contributed by atoms with E-state index in [1.54, 1.807) is 6.92 Å². The van der Waals surface area contributed by atoms with Gasteiger partial charge in [-0.1, -0.05) is 18.2 Å². The monoisotopic (exact) mass is 304 g/mol. The minimum Gasteiger partial charge on any atom is -0.273 e. The van der Waals surface area contributed by atoms with Crippen molar-refractivity contribution in [3.63, 3.8) is 0 Å². The van der Waals surface area contributed by atoms with Gasteiger partial charge in [0.1, 0.15) is 11.6 Å². The van der Waals surface area contributed by atoms with Gasteiger partial charge in [-0.05, 0) is 42.3 Å². The van der Waals surface area contributed by atoms with E-state index < -0.39 is 17.6 Å². The molecule has 0 spiro atoms. The Bertz CT molecular complexity index is 700. The van der Waals surface area contributed by atoms with Crippen LogP contribution in [-0.2, 0) is 11.2 Å². The van der Waals surface area contributed by atoms with Crippen molar-refractivity contribution in [2.24, 2.45) is 0 Å². The van der Waals surface area contributed by atoms with Crippen LogP contribution in [0, 0.1) is 18.6 Å². The second kappa shape index (κ2) is 6.80. The first-order valence-electron chi connectivity index (χ1n) is 6.55. The van der Waals surface area contributed by atoms with E-state index in [-0.39, 0.29) is 17.8 Å². The Hall–Kier alpha value is -2.76. The molecule has 0 aliphatic heterocycles. The van der Waals surface area contributed by atoms with Crippen LogP contribution in [-0.4, -0.2) is 11.8 Å². The molecule has 6 heteroatoms. The zero-order valence-electron chi connectivity index (χ0n) is 11.8. The van der Waals surface area contributed by atoms with Gasteiger partial charge in [0.05, 0.1) is 6.42 Å². The summed E-state index contributed by atoms with van der Waals surface area (Å²) in [4.78, 5) is 23.4. The molecule has 0 heterocycles. The van der Waals surface area contributed by atoms with Crippen LogP contribution in [0.25, 0.3) is 0 Å². The molecular formula is C16H14F2N2O2. The van der Waals surface area contributed by atoms with Crippen LogP contribution in [0.5, 0.6) is 0 Å². The van der Waals surface area contributed by atoms with E-state index in [1.165, 1.54) is 36.4 Å². The van der Waals surface area contributed by atoms with Gasteiger partial charge in [0.25, 0.3) is 5.91 Å². The molecule has 0 aliphatic rings. The quantitative estimate of drug-likeness (QED) is 0.855. The highest BCUT2D eigenvalue weighted by Crippen LogP contribution is 2.08. The summed E-state index contributed by atoms with van der Waals surface area (Å²) >= 11 is 0. The number of benzene rings is 2. The van der Waals surface area contributed by atoms with E-state index in [0.29, 0.717) is 11.1 Å². The molecule has 0 radical (unpaired) electrons. The van der Waals surface area contributed by atoms with Gasteiger partial charge >= 0.3 is 0 Å². The molecule has 0 aliphatic carbocycles. The molecule has 2 aromatic carbocycles. The fourth-order valence-electron chi connectivity index (χ4n) is 1.76. The summed E-state index contributed by atoms with van der Waals surface area (Å²) in [6.07, 6.45) is -0.0111. The maximum Gasteiger partial charge on any atom is 0.269 e. The predicted octanol–water partition coefficient (Wildman–Crippen LogP) is 2.28. The second-order valence-electron chi connectivity index (χ2n) is 4.77. The summed E-state index contributed by atoms with van der Waals surface area (Å²) in [6.45, 7) is 1.58. The zero-order chi connectivity index (χ0) is 16.1. The van der Waals surface area contributed by atoms with E-state index in [9.17, 15) is 18.4 Å². The van der Waals surface area contributed by atoms with Crippen LogP contribution in [0.4, 0.5) is 8.78 Å². The van der Waals surface area contributed by atoms with E-state index in [4.69, 9.17) is 0 Å². The molecule has 2 amide bonds. The van der Waals surface area contributed by atoms with Gasteiger partial charge < -0.3 is 0 Å². The lowest BCUT2D eigenvalue weighted by Gasteiger charge is -2.08. The Labute approximate surface area is 126 Å². The summed E-state index contributed by atoms with van der Waals surface area (Å²) in [5, 5.41) is 0. The Morgan fingerprint density at radius 2 is 1.68 bits per heavy atom. The largest absolute Gasteiger partial charge is 0.273 e. The average Bonchev–Trinajstić information content (AvgIpc) is 2.50. The van der Waals surface area contributed by atoms with Gasteiger partial charge in [-0.3, -0.25) is 20.4 Å². The number of aryl methyl sites for hydroxylation is 1. The van der Waals surface area contributed by atoms with Gasteiger partial charge in [0.2, 0.25) is 5.91 Å². The second-order valence-corrected chi connectivity index (χ2v) is 4.77. The SMILES string of the molecule is Cc1ccc(C(=O)NNC(=O)Cc2ccc(F)cc2)cc1F. The van der Waals surface area contributed by atoms with Crippen molar-refractivity contribution in [3.05, 3.63) is 70.8 Å². The minimum atomic E-state index is -0.619. The summed E-state index contributed by atoms with van der Waals surface area (Å²) in [7, 11) is 0. The summed E-state index contributed by atoms with van der Waals surface area (Å²) in [5.41, 5.74) is 5.56. The molecule has 4 nitrogen and oxygen atoms in total. The molecule has 0 saturated carbocycles. The fraction of sp³-hybridized carbons (Fsp3) is 0.125. The summed E-state index contributed by atoms with van der Waals surface area (Å²) in [6, 6.07) is 9.48. The van der Waals surface area contributed by atoms with Gasteiger partial charge in [-0.15, -0.1) is 0 Å². The first-order chi connectivity index (χ1) is 10.5. The fourth-order valence-corrected chi connectivity index (χ4v) is 1.76. The van der Waals surface area contributed by atoms with Gasteiger partial charge in [-0.25, -0.2) is 8.78 Å². The highest BCUT2D eigenvalue weighted by Gasteiger charge is 2.10. The van der Waals surface area contributed by atoms with E-state index >= 15 is 0 Å².